The molecule has 204 valence electrons. The molecule has 1 atom stereocenters. The number of nitrogens with one attached hydrogen (secondary N) is 1. The summed E-state index contributed by atoms with van der Waals surface area (Å²) < 4.78 is 12.2. The second kappa shape index (κ2) is 9.75. The lowest BCUT2D eigenvalue weighted by atomic mass is 9.74. The van der Waals surface area contributed by atoms with Crippen LogP contribution < -0.4 is 14.8 Å². The normalized spacial score (nSPS) is 21.6. The third-order valence-electron chi connectivity index (χ3n) is 8.71. The Bertz CT molecular complexity index is 1500. The number of benzene rings is 2. The Labute approximate surface area is 232 Å². The Hall–Kier alpha value is -4.24. The number of hydrogen-bond acceptors (Lipinski definition) is 7. The van der Waals surface area contributed by atoms with Crippen molar-refractivity contribution in [1.29, 1.82) is 0 Å². The maximum atomic E-state index is 13.2. The van der Waals surface area contributed by atoms with Gasteiger partial charge in [-0.1, -0.05) is 24.3 Å². The van der Waals surface area contributed by atoms with Gasteiger partial charge in [0.1, 0.15) is 17.5 Å². The van der Waals surface area contributed by atoms with Crippen LogP contribution in [0.2, 0.25) is 0 Å². The van der Waals surface area contributed by atoms with Crippen molar-refractivity contribution in [2.75, 3.05) is 19.7 Å². The van der Waals surface area contributed by atoms with Crippen LogP contribution >= 0.6 is 0 Å². The van der Waals surface area contributed by atoms with Gasteiger partial charge in [-0.05, 0) is 62.2 Å². The van der Waals surface area contributed by atoms with Crippen molar-refractivity contribution in [2.45, 2.75) is 50.2 Å². The summed E-state index contributed by atoms with van der Waals surface area (Å²) in [6, 6.07) is 17.1. The van der Waals surface area contributed by atoms with E-state index >= 15 is 0 Å². The highest BCUT2D eigenvalue weighted by Crippen LogP contribution is 2.49. The maximum Gasteiger partial charge on any atom is 0.255 e. The van der Waals surface area contributed by atoms with Gasteiger partial charge in [0.05, 0.1) is 13.2 Å². The smallest absolute Gasteiger partial charge is 0.255 e. The fourth-order valence-corrected chi connectivity index (χ4v) is 6.53. The third kappa shape index (κ3) is 4.30. The lowest BCUT2D eigenvalue weighted by Crippen LogP contribution is -2.52. The fourth-order valence-electron chi connectivity index (χ4n) is 6.53. The zero-order valence-electron chi connectivity index (χ0n) is 22.1. The summed E-state index contributed by atoms with van der Waals surface area (Å²) in [6.07, 6.45) is 4.24. The summed E-state index contributed by atoms with van der Waals surface area (Å²) in [6.45, 7) is 3.65. The number of pyridine rings is 1. The van der Waals surface area contributed by atoms with Crippen molar-refractivity contribution in [3.8, 4) is 17.4 Å². The van der Waals surface area contributed by atoms with Gasteiger partial charge in [-0.25, -0.2) is 4.98 Å². The first kappa shape index (κ1) is 24.8. The minimum atomic E-state index is -0.625. The molecule has 5 heterocycles. The zero-order valence-corrected chi connectivity index (χ0v) is 22.1. The van der Waals surface area contributed by atoms with E-state index in [2.05, 4.69) is 33.4 Å². The van der Waals surface area contributed by atoms with Crippen LogP contribution in [-0.4, -0.2) is 58.2 Å². The largest absolute Gasteiger partial charge is 0.492 e. The number of piperidine rings is 2. The Morgan fingerprint density at radius 1 is 1.05 bits per heavy atom. The van der Waals surface area contributed by atoms with Gasteiger partial charge in [0.25, 0.3) is 5.91 Å². The van der Waals surface area contributed by atoms with Gasteiger partial charge < -0.3 is 14.4 Å². The molecule has 1 N–H and O–H groups in total. The summed E-state index contributed by atoms with van der Waals surface area (Å²) in [7, 11) is 0. The number of ether oxygens (including phenoxy) is 2. The topological polar surface area (TPSA) is 101 Å². The molecule has 2 saturated heterocycles. The van der Waals surface area contributed by atoms with Crippen LogP contribution in [0.25, 0.3) is 0 Å². The Morgan fingerprint density at radius 2 is 1.93 bits per heavy atom. The van der Waals surface area contributed by atoms with Crippen molar-refractivity contribution in [1.82, 2.24) is 20.1 Å². The number of aromatic nitrogens is 1. The molecule has 3 aromatic rings. The van der Waals surface area contributed by atoms with Gasteiger partial charge in [0, 0.05) is 47.3 Å². The lowest BCUT2D eigenvalue weighted by molar-refractivity contribution is -0.136. The molecule has 0 bridgehead atoms. The second-order valence-corrected chi connectivity index (χ2v) is 11.1. The Morgan fingerprint density at radius 3 is 2.73 bits per heavy atom. The van der Waals surface area contributed by atoms with Crippen LogP contribution in [0.15, 0.2) is 60.8 Å². The molecule has 0 aliphatic carbocycles. The van der Waals surface area contributed by atoms with E-state index in [9.17, 15) is 14.4 Å². The van der Waals surface area contributed by atoms with Gasteiger partial charge in [-0.15, -0.1) is 0 Å². The summed E-state index contributed by atoms with van der Waals surface area (Å²) >= 11 is 0. The molecule has 1 unspecified atom stereocenters. The van der Waals surface area contributed by atoms with Gasteiger partial charge in [-0.3, -0.25) is 24.6 Å². The SMILES string of the molecule is O=C1CCC(N2Cc3c(ccc4c3OCC43CCN(Cc4cccc(Oc5ccccn5)c4)CC3)C2=O)C(=O)N1. The molecule has 0 radical (unpaired) electrons. The number of nitrogens with zero attached hydrogens (tertiary/aromatic N) is 3. The molecule has 1 aromatic heterocycles. The molecule has 9 heteroatoms. The van der Waals surface area contributed by atoms with Crippen molar-refractivity contribution >= 4 is 17.7 Å². The van der Waals surface area contributed by atoms with Crippen LogP contribution in [0.5, 0.6) is 17.4 Å². The first-order chi connectivity index (χ1) is 19.5. The molecule has 7 rings (SSSR count). The van der Waals surface area contributed by atoms with E-state index in [1.54, 1.807) is 11.1 Å². The predicted molar refractivity (Wildman–Crippen MR) is 145 cm³/mol. The summed E-state index contributed by atoms with van der Waals surface area (Å²) in [5.41, 5.74) is 3.77. The first-order valence-corrected chi connectivity index (χ1v) is 13.8. The Balaban J connectivity index is 1.03. The van der Waals surface area contributed by atoms with Gasteiger partial charge >= 0.3 is 0 Å². The number of hydrogen-bond donors (Lipinski definition) is 1. The molecule has 40 heavy (non-hydrogen) atoms. The van der Waals surface area contributed by atoms with E-state index in [0.29, 0.717) is 31.0 Å². The molecule has 4 aliphatic rings. The fraction of sp³-hybridized carbons (Fsp3) is 0.355. The molecular weight excluding hydrogens is 508 g/mol. The Kier molecular flexibility index (Phi) is 6.04. The second-order valence-electron chi connectivity index (χ2n) is 11.1. The van der Waals surface area contributed by atoms with E-state index in [1.807, 2.05) is 36.4 Å². The lowest BCUT2D eigenvalue weighted by Gasteiger charge is -2.38. The summed E-state index contributed by atoms with van der Waals surface area (Å²) in [4.78, 5) is 45.6. The number of carbonyl (C=O) groups excluding carboxylic acids is 3. The molecule has 3 amide bonds. The van der Waals surface area contributed by atoms with Gasteiger partial charge in [0.15, 0.2) is 0 Å². The number of amides is 3. The number of likely N-dealkylation sites (tertiary alicyclic amines) is 1. The molecule has 9 nitrogen and oxygen atoms in total. The molecule has 2 aromatic carbocycles. The first-order valence-electron chi connectivity index (χ1n) is 13.8. The predicted octanol–water partition coefficient (Wildman–Crippen LogP) is 3.56. The van der Waals surface area contributed by atoms with Crippen molar-refractivity contribution in [2.24, 2.45) is 0 Å². The van der Waals surface area contributed by atoms with Crippen LogP contribution in [0.4, 0.5) is 0 Å². The van der Waals surface area contributed by atoms with E-state index in [4.69, 9.17) is 9.47 Å². The van der Waals surface area contributed by atoms with Crippen LogP contribution in [0, 0.1) is 0 Å². The maximum absolute atomic E-state index is 13.2. The van der Waals surface area contributed by atoms with Crippen molar-refractivity contribution in [3.05, 3.63) is 83.0 Å². The number of rotatable bonds is 5. The van der Waals surface area contributed by atoms with E-state index in [1.165, 1.54) is 11.1 Å². The van der Waals surface area contributed by atoms with E-state index < -0.39 is 11.9 Å². The number of fused-ring (bicyclic) bond motifs is 4. The van der Waals surface area contributed by atoms with Gasteiger partial charge in [-0.2, -0.15) is 0 Å². The highest BCUT2D eigenvalue weighted by atomic mass is 16.5. The minimum absolute atomic E-state index is 0.0735. The molecular formula is C31H30N4O5. The molecule has 2 fully saturated rings. The molecule has 0 saturated carbocycles. The monoisotopic (exact) mass is 538 g/mol. The third-order valence-corrected chi connectivity index (χ3v) is 8.71. The highest BCUT2D eigenvalue weighted by Gasteiger charge is 2.47. The van der Waals surface area contributed by atoms with E-state index in [0.717, 1.165) is 49.5 Å². The standard InChI is InChI=1S/C31H30N4O5/c36-26-10-9-25(29(37)33-26)35-18-23-22(30(35)38)7-8-24-28(23)39-19-31(24)11-14-34(15-12-31)17-20-4-3-5-21(16-20)40-27-6-1-2-13-32-27/h1-8,13,16,25H,9-12,14-15,17-19H2,(H,33,36,37). The van der Waals surface area contributed by atoms with Gasteiger partial charge in [0.2, 0.25) is 17.7 Å². The number of imide groups is 1. The van der Waals surface area contributed by atoms with Crippen molar-refractivity contribution in [3.63, 3.8) is 0 Å². The van der Waals surface area contributed by atoms with Crippen molar-refractivity contribution < 1.29 is 23.9 Å². The highest BCUT2D eigenvalue weighted by molar-refractivity contribution is 6.05. The summed E-state index contributed by atoms with van der Waals surface area (Å²) in [5, 5.41) is 2.37. The van der Waals surface area contributed by atoms with Crippen LogP contribution in [0.1, 0.15) is 52.7 Å². The molecule has 1 spiro atoms. The average Bonchev–Trinajstić information content (AvgIpc) is 3.49. The number of carbonyl (C=O) groups is 3. The van der Waals surface area contributed by atoms with E-state index in [-0.39, 0.29) is 23.7 Å². The quantitative estimate of drug-likeness (QED) is 0.496. The minimum Gasteiger partial charge on any atom is -0.492 e. The molecule has 4 aliphatic heterocycles. The average molecular weight is 539 g/mol. The summed E-state index contributed by atoms with van der Waals surface area (Å²) in [5.74, 6) is 1.32. The zero-order chi connectivity index (χ0) is 27.3. The van der Waals surface area contributed by atoms with Crippen LogP contribution in [0.3, 0.4) is 0 Å². The van der Waals surface area contributed by atoms with Crippen LogP contribution in [-0.2, 0) is 28.1 Å².